The summed E-state index contributed by atoms with van der Waals surface area (Å²) in [6.45, 7) is 3.48. The molecule has 0 atom stereocenters. The predicted molar refractivity (Wildman–Crippen MR) is 113 cm³/mol. The molecule has 0 N–H and O–H groups in total. The molecule has 0 spiro atoms. The highest BCUT2D eigenvalue weighted by Gasteiger charge is 2.17. The van der Waals surface area contributed by atoms with Crippen molar-refractivity contribution >= 4 is 11.6 Å². The standard InChI is InChI=1S/C24H24N4O/c1-18-6-8-20(9-7-18)17-29-22-12-10-19(11-13-22)15-21(16-25)24-27-26-23-5-3-2-4-14-28(23)24/h6-13,15H,2-5,14,17H2,1H3/b21-15+. The summed E-state index contributed by atoms with van der Waals surface area (Å²) in [5.74, 6) is 2.46. The van der Waals surface area contributed by atoms with E-state index < -0.39 is 0 Å². The lowest BCUT2D eigenvalue weighted by molar-refractivity contribution is 0.306. The van der Waals surface area contributed by atoms with Gasteiger partial charge in [0.05, 0.1) is 5.57 Å². The number of nitriles is 1. The minimum Gasteiger partial charge on any atom is -0.489 e. The maximum absolute atomic E-state index is 9.69. The van der Waals surface area contributed by atoms with Gasteiger partial charge in [-0.25, -0.2) is 0 Å². The van der Waals surface area contributed by atoms with Crippen molar-refractivity contribution in [1.29, 1.82) is 5.26 Å². The van der Waals surface area contributed by atoms with Crippen molar-refractivity contribution in [3.63, 3.8) is 0 Å². The van der Waals surface area contributed by atoms with Gasteiger partial charge in [-0.2, -0.15) is 5.26 Å². The summed E-state index contributed by atoms with van der Waals surface area (Å²) in [4.78, 5) is 0. The summed E-state index contributed by atoms with van der Waals surface area (Å²) in [5, 5.41) is 18.3. The van der Waals surface area contributed by atoms with Crippen LogP contribution < -0.4 is 4.74 Å². The first-order valence-corrected chi connectivity index (χ1v) is 10.1. The van der Waals surface area contributed by atoms with Gasteiger partial charge in [0, 0.05) is 13.0 Å². The van der Waals surface area contributed by atoms with E-state index in [4.69, 9.17) is 4.74 Å². The van der Waals surface area contributed by atoms with Crippen LogP contribution in [0.25, 0.3) is 11.6 Å². The third-order valence-corrected chi connectivity index (χ3v) is 5.19. The molecule has 0 fully saturated rings. The summed E-state index contributed by atoms with van der Waals surface area (Å²) in [7, 11) is 0. The molecule has 0 saturated heterocycles. The molecule has 4 rings (SSSR count). The second-order valence-corrected chi connectivity index (χ2v) is 7.42. The molecule has 1 aliphatic rings. The molecule has 0 amide bonds. The van der Waals surface area contributed by atoms with Gasteiger partial charge in [0.25, 0.3) is 0 Å². The van der Waals surface area contributed by atoms with Crippen LogP contribution in [0, 0.1) is 18.3 Å². The molecule has 0 bridgehead atoms. The maximum atomic E-state index is 9.69. The Hall–Kier alpha value is -3.39. The van der Waals surface area contributed by atoms with Gasteiger partial charge in [-0.3, -0.25) is 0 Å². The summed E-state index contributed by atoms with van der Waals surface area (Å²) in [6, 6.07) is 18.4. The molecule has 2 aromatic carbocycles. The minimum atomic E-state index is 0.533. The highest BCUT2D eigenvalue weighted by Crippen LogP contribution is 2.22. The Kier molecular flexibility index (Phi) is 5.71. The number of nitrogens with zero attached hydrogens (tertiary/aromatic N) is 4. The number of aromatic nitrogens is 3. The van der Waals surface area contributed by atoms with Crippen molar-refractivity contribution in [3.8, 4) is 11.8 Å². The van der Waals surface area contributed by atoms with Gasteiger partial charge in [0.2, 0.25) is 0 Å². The molecule has 5 nitrogen and oxygen atoms in total. The first kappa shape index (κ1) is 18.9. The predicted octanol–water partition coefficient (Wildman–Crippen LogP) is 4.96. The highest BCUT2D eigenvalue weighted by molar-refractivity contribution is 5.87. The van der Waals surface area contributed by atoms with Gasteiger partial charge in [-0.05, 0) is 49.1 Å². The van der Waals surface area contributed by atoms with Crippen LogP contribution in [0.3, 0.4) is 0 Å². The number of benzene rings is 2. The normalized spacial score (nSPS) is 14.0. The van der Waals surface area contributed by atoms with E-state index in [1.54, 1.807) is 0 Å². The van der Waals surface area contributed by atoms with Gasteiger partial charge in [-0.1, -0.05) is 48.4 Å². The Labute approximate surface area is 171 Å². The second-order valence-electron chi connectivity index (χ2n) is 7.42. The Bertz CT molecular complexity index is 1040. The zero-order chi connectivity index (χ0) is 20.1. The molecule has 5 heteroatoms. The molecule has 1 aromatic heterocycles. The van der Waals surface area contributed by atoms with Crippen LogP contribution in [0.2, 0.25) is 0 Å². The quantitative estimate of drug-likeness (QED) is 0.584. The van der Waals surface area contributed by atoms with E-state index in [-0.39, 0.29) is 0 Å². The Balaban J connectivity index is 1.48. The molecule has 3 aromatic rings. The molecule has 29 heavy (non-hydrogen) atoms. The second kappa shape index (κ2) is 8.74. The van der Waals surface area contributed by atoms with Crippen LogP contribution in [-0.2, 0) is 19.6 Å². The molecular weight excluding hydrogens is 360 g/mol. The molecule has 0 radical (unpaired) electrons. The molecule has 2 heterocycles. The maximum Gasteiger partial charge on any atom is 0.174 e. The fourth-order valence-electron chi connectivity index (χ4n) is 3.51. The highest BCUT2D eigenvalue weighted by atomic mass is 16.5. The largest absolute Gasteiger partial charge is 0.489 e. The summed E-state index contributed by atoms with van der Waals surface area (Å²) < 4.78 is 7.96. The third kappa shape index (κ3) is 4.55. The average molecular weight is 384 g/mol. The molecule has 0 saturated carbocycles. The number of allylic oxidation sites excluding steroid dienone is 1. The Morgan fingerprint density at radius 3 is 2.62 bits per heavy atom. The van der Waals surface area contributed by atoms with Crippen molar-refractivity contribution in [2.24, 2.45) is 0 Å². The lowest BCUT2D eigenvalue weighted by atomic mass is 10.1. The van der Waals surface area contributed by atoms with E-state index in [1.165, 1.54) is 12.0 Å². The number of hydrogen-bond acceptors (Lipinski definition) is 4. The first-order chi connectivity index (χ1) is 14.2. The number of hydrogen-bond donors (Lipinski definition) is 0. The van der Waals surface area contributed by atoms with Crippen LogP contribution >= 0.6 is 0 Å². The number of ether oxygens (including phenoxy) is 1. The zero-order valence-corrected chi connectivity index (χ0v) is 16.6. The topological polar surface area (TPSA) is 63.7 Å². The van der Waals surface area contributed by atoms with E-state index in [2.05, 4.69) is 52.0 Å². The van der Waals surface area contributed by atoms with Gasteiger partial charge in [0.1, 0.15) is 24.3 Å². The monoisotopic (exact) mass is 384 g/mol. The minimum absolute atomic E-state index is 0.533. The Morgan fingerprint density at radius 1 is 1.07 bits per heavy atom. The van der Waals surface area contributed by atoms with E-state index in [1.807, 2.05) is 30.3 Å². The molecule has 1 aliphatic heterocycles. The number of fused-ring (bicyclic) bond motifs is 1. The lowest BCUT2D eigenvalue weighted by Crippen LogP contribution is -2.05. The zero-order valence-electron chi connectivity index (χ0n) is 16.6. The summed E-state index contributed by atoms with van der Waals surface area (Å²) in [5.41, 5.74) is 3.86. The van der Waals surface area contributed by atoms with Crippen molar-refractivity contribution in [2.75, 3.05) is 0 Å². The van der Waals surface area contributed by atoms with E-state index >= 15 is 0 Å². The molecule has 0 aliphatic carbocycles. The van der Waals surface area contributed by atoms with Crippen molar-refractivity contribution in [2.45, 2.75) is 45.8 Å². The van der Waals surface area contributed by atoms with Gasteiger partial charge >= 0.3 is 0 Å². The van der Waals surface area contributed by atoms with Crippen LogP contribution in [0.15, 0.2) is 48.5 Å². The summed E-state index contributed by atoms with van der Waals surface area (Å²) in [6.07, 6.45) is 6.22. The van der Waals surface area contributed by atoms with Gasteiger partial charge in [-0.15, -0.1) is 10.2 Å². The van der Waals surface area contributed by atoms with Gasteiger partial charge < -0.3 is 9.30 Å². The van der Waals surface area contributed by atoms with Crippen molar-refractivity contribution in [3.05, 3.63) is 76.9 Å². The van der Waals surface area contributed by atoms with E-state index in [0.29, 0.717) is 18.0 Å². The lowest BCUT2D eigenvalue weighted by Gasteiger charge is -2.08. The summed E-state index contributed by atoms with van der Waals surface area (Å²) >= 11 is 0. The van der Waals surface area contributed by atoms with Crippen LogP contribution in [0.4, 0.5) is 0 Å². The molecule has 0 unspecified atom stereocenters. The van der Waals surface area contributed by atoms with Crippen molar-refractivity contribution in [1.82, 2.24) is 14.8 Å². The number of rotatable bonds is 5. The van der Waals surface area contributed by atoms with E-state index in [9.17, 15) is 5.26 Å². The molecule has 146 valence electrons. The van der Waals surface area contributed by atoms with Crippen LogP contribution in [-0.4, -0.2) is 14.8 Å². The number of aryl methyl sites for hydroxylation is 2. The first-order valence-electron chi connectivity index (χ1n) is 10.1. The average Bonchev–Trinajstić information content (AvgIpc) is 3.00. The fourth-order valence-corrected chi connectivity index (χ4v) is 3.51. The Morgan fingerprint density at radius 2 is 1.86 bits per heavy atom. The van der Waals surface area contributed by atoms with Crippen molar-refractivity contribution < 1.29 is 4.74 Å². The van der Waals surface area contributed by atoms with Crippen LogP contribution in [0.1, 0.15) is 47.6 Å². The third-order valence-electron chi connectivity index (χ3n) is 5.19. The van der Waals surface area contributed by atoms with E-state index in [0.717, 1.165) is 48.5 Å². The van der Waals surface area contributed by atoms with Gasteiger partial charge in [0.15, 0.2) is 5.82 Å². The SMILES string of the molecule is Cc1ccc(COc2ccc(/C=C(\C#N)c3nnc4n3CCCCC4)cc2)cc1. The fraction of sp³-hybridized carbons (Fsp3) is 0.292. The smallest absolute Gasteiger partial charge is 0.174 e. The molecular formula is C24H24N4O. The van der Waals surface area contributed by atoms with Crippen LogP contribution in [0.5, 0.6) is 5.75 Å².